The van der Waals surface area contributed by atoms with E-state index in [1.807, 2.05) is 0 Å². The molecule has 1 aromatic heterocycles. The van der Waals surface area contributed by atoms with Crippen molar-refractivity contribution in [1.29, 1.82) is 0 Å². The summed E-state index contributed by atoms with van der Waals surface area (Å²) in [5.74, 6) is 0.622. The van der Waals surface area contributed by atoms with Crippen molar-refractivity contribution in [1.82, 2.24) is 15.2 Å². The molecule has 22 heavy (non-hydrogen) atoms. The molecule has 1 aliphatic rings. The highest BCUT2D eigenvalue weighted by Crippen LogP contribution is 2.12. The number of rotatable bonds is 5. The molecule has 0 saturated carbocycles. The maximum absolute atomic E-state index is 11.9. The third kappa shape index (κ3) is 4.75. The average molecular weight is 309 g/mol. The summed E-state index contributed by atoms with van der Waals surface area (Å²) in [6, 6.07) is 0.122. The number of piperidine rings is 1. The maximum atomic E-state index is 11.9. The summed E-state index contributed by atoms with van der Waals surface area (Å²) in [4.78, 5) is 29.4. The van der Waals surface area contributed by atoms with Crippen LogP contribution in [0.2, 0.25) is 0 Å². The Labute approximate surface area is 130 Å². The van der Waals surface area contributed by atoms with Gasteiger partial charge in [0.05, 0.1) is 12.3 Å². The summed E-state index contributed by atoms with van der Waals surface area (Å²) >= 11 is 0. The van der Waals surface area contributed by atoms with Crippen LogP contribution in [0.3, 0.4) is 0 Å². The summed E-state index contributed by atoms with van der Waals surface area (Å²) in [6.07, 6.45) is 3.80. The molecule has 0 atom stereocenters. The van der Waals surface area contributed by atoms with E-state index in [2.05, 4.69) is 10.3 Å². The van der Waals surface area contributed by atoms with Crippen molar-refractivity contribution in [2.75, 3.05) is 19.7 Å². The van der Waals surface area contributed by atoms with Gasteiger partial charge in [0.2, 0.25) is 5.91 Å². The van der Waals surface area contributed by atoms with Gasteiger partial charge in [0, 0.05) is 38.9 Å². The van der Waals surface area contributed by atoms with E-state index in [4.69, 9.17) is 9.15 Å². The molecule has 1 N–H and O–H groups in total. The number of aryl methyl sites for hydroxylation is 2. The van der Waals surface area contributed by atoms with Gasteiger partial charge < -0.3 is 19.4 Å². The molecule has 0 aromatic carbocycles. The molecule has 7 heteroatoms. The Hall–Kier alpha value is -2.05. The predicted octanol–water partition coefficient (Wildman–Crippen LogP) is 1.65. The van der Waals surface area contributed by atoms with E-state index in [1.165, 1.54) is 0 Å². The minimum Gasteiger partial charge on any atom is -0.450 e. The Morgan fingerprint density at radius 1 is 1.45 bits per heavy atom. The number of nitrogens with one attached hydrogen (secondary N) is 1. The first-order chi connectivity index (χ1) is 10.6. The standard InChI is InChI=1S/C15H23N3O4/c1-3-21-15(20)18-8-6-12(7-9-18)17-14(19)5-4-13-10-22-11(2)16-13/h10,12H,3-9H2,1-2H3,(H,17,19). The van der Waals surface area contributed by atoms with E-state index < -0.39 is 0 Å². The molecule has 0 spiro atoms. The minimum atomic E-state index is -0.270. The van der Waals surface area contributed by atoms with Crippen LogP contribution in [0, 0.1) is 6.92 Å². The Morgan fingerprint density at radius 3 is 2.77 bits per heavy atom. The lowest BCUT2D eigenvalue weighted by molar-refractivity contribution is -0.122. The van der Waals surface area contributed by atoms with Gasteiger partial charge in [0.15, 0.2) is 5.89 Å². The Balaban J connectivity index is 1.67. The molecular weight excluding hydrogens is 286 g/mol. The van der Waals surface area contributed by atoms with E-state index in [0.717, 1.165) is 18.5 Å². The Bertz CT molecular complexity index is 507. The molecule has 1 aromatic rings. The lowest BCUT2D eigenvalue weighted by Gasteiger charge is -2.31. The summed E-state index contributed by atoms with van der Waals surface area (Å²) < 4.78 is 10.1. The van der Waals surface area contributed by atoms with Gasteiger partial charge in [-0.2, -0.15) is 0 Å². The van der Waals surface area contributed by atoms with Crippen molar-refractivity contribution in [2.24, 2.45) is 0 Å². The van der Waals surface area contributed by atoms with Crippen molar-refractivity contribution in [3.63, 3.8) is 0 Å². The van der Waals surface area contributed by atoms with Crippen LogP contribution < -0.4 is 5.32 Å². The van der Waals surface area contributed by atoms with Gasteiger partial charge in [0.1, 0.15) is 6.26 Å². The zero-order valence-electron chi connectivity index (χ0n) is 13.1. The number of ether oxygens (including phenoxy) is 1. The topological polar surface area (TPSA) is 84.7 Å². The normalized spacial score (nSPS) is 15.6. The molecule has 2 heterocycles. The highest BCUT2D eigenvalue weighted by Gasteiger charge is 2.24. The highest BCUT2D eigenvalue weighted by molar-refractivity contribution is 5.76. The molecule has 2 amide bonds. The number of hydrogen-bond donors (Lipinski definition) is 1. The molecule has 1 aliphatic heterocycles. The molecular formula is C15H23N3O4. The molecule has 2 rings (SSSR count). The fourth-order valence-electron chi connectivity index (χ4n) is 2.49. The third-order valence-corrected chi connectivity index (χ3v) is 3.66. The van der Waals surface area contributed by atoms with Crippen molar-refractivity contribution in [3.05, 3.63) is 17.8 Å². The lowest BCUT2D eigenvalue weighted by atomic mass is 10.1. The number of aromatic nitrogens is 1. The number of hydrogen-bond acceptors (Lipinski definition) is 5. The first kappa shape index (κ1) is 16.3. The Morgan fingerprint density at radius 2 is 2.18 bits per heavy atom. The molecule has 1 saturated heterocycles. The summed E-state index contributed by atoms with van der Waals surface area (Å²) in [5, 5.41) is 3.01. The SMILES string of the molecule is CCOC(=O)N1CCC(NC(=O)CCc2coc(C)n2)CC1. The van der Waals surface area contributed by atoms with Crippen LogP contribution in [0.5, 0.6) is 0 Å². The van der Waals surface area contributed by atoms with Crippen LogP contribution in [0.4, 0.5) is 4.79 Å². The average Bonchev–Trinajstić information content (AvgIpc) is 2.92. The number of likely N-dealkylation sites (tertiary alicyclic amines) is 1. The van der Waals surface area contributed by atoms with E-state index >= 15 is 0 Å². The zero-order valence-corrected chi connectivity index (χ0v) is 13.1. The largest absolute Gasteiger partial charge is 0.450 e. The summed E-state index contributed by atoms with van der Waals surface area (Å²) in [6.45, 7) is 5.19. The first-order valence-corrected chi connectivity index (χ1v) is 7.70. The van der Waals surface area contributed by atoms with Gasteiger partial charge >= 0.3 is 6.09 Å². The maximum Gasteiger partial charge on any atom is 0.409 e. The molecule has 1 fully saturated rings. The number of amides is 2. The second kappa shape index (κ2) is 7.82. The van der Waals surface area contributed by atoms with Crippen molar-refractivity contribution in [3.8, 4) is 0 Å². The third-order valence-electron chi connectivity index (χ3n) is 3.66. The van der Waals surface area contributed by atoms with Gasteiger partial charge in [-0.15, -0.1) is 0 Å². The minimum absolute atomic E-state index is 0.00948. The fraction of sp³-hybridized carbons (Fsp3) is 0.667. The first-order valence-electron chi connectivity index (χ1n) is 7.70. The molecule has 0 aliphatic carbocycles. The zero-order chi connectivity index (χ0) is 15.9. The summed E-state index contributed by atoms with van der Waals surface area (Å²) in [5.41, 5.74) is 0.796. The van der Waals surface area contributed by atoms with Gasteiger partial charge in [0.25, 0.3) is 0 Å². The van der Waals surface area contributed by atoms with Gasteiger partial charge in [-0.05, 0) is 19.8 Å². The smallest absolute Gasteiger partial charge is 0.409 e. The number of carbonyl (C=O) groups is 2. The van der Waals surface area contributed by atoms with Crippen molar-refractivity contribution < 1.29 is 18.7 Å². The molecule has 0 bridgehead atoms. The van der Waals surface area contributed by atoms with E-state index in [-0.39, 0.29) is 18.0 Å². The van der Waals surface area contributed by atoms with Crippen molar-refractivity contribution >= 4 is 12.0 Å². The van der Waals surface area contributed by atoms with Gasteiger partial charge in [-0.25, -0.2) is 9.78 Å². The van der Waals surface area contributed by atoms with E-state index in [0.29, 0.717) is 38.4 Å². The van der Waals surface area contributed by atoms with Crippen LogP contribution in [0.1, 0.15) is 37.8 Å². The second-order valence-corrected chi connectivity index (χ2v) is 5.39. The number of carbonyl (C=O) groups excluding carboxylic acids is 2. The van der Waals surface area contributed by atoms with Gasteiger partial charge in [-0.1, -0.05) is 0 Å². The monoisotopic (exact) mass is 309 g/mol. The van der Waals surface area contributed by atoms with E-state index in [1.54, 1.807) is 25.0 Å². The second-order valence-electron chi connectivity index (χ2n) is 5.39. The highest BCUT2D eigenvalue weighted by atomic mass is 16.6. The van der Waals surface area contributed by atoms with Crippen LogP contribution in [0.15, 0.2) is 10.7 Å². The van der Waals surface area contributed by atoms with Crippen LogP contribution in [0.25, 0.3) is 0 Å². The molecule has 0 radical (unpaired) electrons. The number of nitrogens with zero attached hydrogens (tertiary/aromatic N) is 2. The van der Waals surface area contributed by atoms with Gasteiger partial charge in [-0.3, -0.25) is 4.79 Å². The van der Waals surface area contributed by atoms with Crippen LogP contribution in [-0.2, 0) is 16.0 Å². The van der Waals surface area contributed by atoms with Crippen molar-refractivity contribution in [2.45, 2.75) is 45.6 Å². The predicted molar refractivity (Wildman–Crippen MR) is 79.3 cm³/mol. The van der Waals surface area contributed by atoms with Crippen LogP contribution in [-0.4, -0.2) is 47.6 Å². The molecule has 7 nitrogen and oxygen atoms in total. The molecule has 122 valence electrons. The lowest BCUT2D eigenvalue weighted by Crippen LogP contribution is -2.46. The Kier molecular flexibility index (Phi) is 5.80. The summed E-state index contributed by atoms with van der Waals surface area (Å²) in [7, 11) is 0. The molecule has 0 unspecified atom stereocenters. The quantitative estimate of drug-likeness (QED) is 0.894. The van der Waals surface area contributed by atoms with Crippen LogP contribution >= 0.6 is 0 Å². The van der Waals surface area contributed by atoms with E-state index in [9.17, 15) is 9.59 Å². The number of oxazole rings is 1. The fourth-order valence-corrected chi connectivity index (χ4v) is 2.49.